The Labute approximate surface area is 189 Å². The number of nitrogens with one attached hydrogen (secondary N) is 1. The lowest BCUT2D eigenvalue weighted by Gasteiger charge is -2.23. The van der Waals surface area contributed by atoms with E-state index in [1.165, 1.54) is 4.31 Å². The van der Waals surface area contributed by atoms with Gasteiger partial charge in [-0.1, -0.05) is 35.4 Å². The number of rotatable bonds is 8. The fourth-order valence-corrected chi connectivity index (χ4v) is 4.80. The highest BCUT2D eigenvalue weighted by atomic mass is 32.2. The Morgan fingerprint density at radius 3 is 2.12 bits per heavy atom. The third-order valence-electron chi connectivity index (χ3n) is 5.05. The molecule has 0 atom stereocenters. The molecule has 0 saturated carbocycles. The third-order valence-corrected chi connectivity index (χ3v) is 6.96. The molecule has 1 N–H and O–H groups in total. The normalized spacial score (nSPS) is 11.1. The first kappa shape index (κ1) is 23.3. The topological polar surface area (TPSA) is 75.7 Å². The average Bonchev–Trinajstić information content (AvgIpc) is 2.76. The molecule has 0 heterocycles. The van der Waals surface area contributed by atoms with Crippen LogP contribution in [-0.2, 0) is 14.8 Å². The van der Waals surface area contributed by atoms with Crippen LogP contribution in [0.25, 0.3) is 0 Å². The zero-order valence-corrected chi connectivity index (χ0v) is 19.6. The van der Waals surface area contributed by atoms with Crippen molar-refractivity contribution in [3.05, 3.63) is 83.4 Å². The number of nitrogens with zero attached hydrogens (tertiary/aromatic N) is 1. The molecule has 0 saturated heterocycles. The molecule has 3 aromatic rings. The van der Waals surface area contributed by atoms with Crippen LogP contribution in [0.5, 0.6) is 5.75 Å². The first-order valence-electron chi connectivity index (χ1n) is 10.4. The molecule has 0 aliphatic carbocycles. The van der Waals surface area contributed by atoms with Crippen molar-refractivity contribution in [2.75, 3.05) is 22.8 Å². The van der Waals surface area contributed by atoms with Crippen molar-refractivity contribution in [2.24, 2.45) is 0 Å². The second kappa shape index (κ2) is 9.87. The Balaban J connectivity index is 1.65. The van der Waals surface area contributed by atoms with E-state index >= 15 is 0 Å². The Morgan fingerprint density at radius 2 is 1.53 bits per heavy atom. The van der Waals surface area contributed by atoms with Crippen LogP contribution >= 0.6 is 0 Å². The summed E-state index contributed by atoms with van der Waals surface area (Å²) in [5, 5.41) is 2.84. The standard InChI is InChI=1S/C25H28N2O4S/c1-5-27(32(29,30)23-13-6-18(2)7-14-23)21-9-11-22(12-10-21)31-17-25(28)26-24-15-8-19(3)16-20(24)4/h6-16H,5,17H2,1-4H3,(H,26,28). The molecule has 168 valence electrons. The number of aryl methyl sites for hydroxylation is 3. The number of hydrogen-bond acceptors (Lipinski definition) is 4. The van der Waals surface area contributed by atoms with Crippen LogP contribution < -0.4 is 14.4 Å². The average molecular weight is 453 g/mol. The predicted octanol–water partition coefficient (Wildman–Crippen LogP) is 4.84. The van der Waals surface area contributed by atoms with E-state index < -0.39 is 10.0 Å². The summed E-state index contributed by atoms with van der Waals surface area (Å²) >= 11 is 0. The van der Waals surface area contributed by atoms with E-state index in [-0.39, 0.29) is 24.0 Å². The smallest absolute Gasteiger partial charge is 0.264 e. The van der Waals surface area contributed by atoms with Gasteiger partial charge in [-0.2, -0.15) is 0 Å². The lowest BCUT2D eigenvalue weighted by molar-refractivity contribution is -0.118. The van der Waals surface area contributed by atoms with E-state index in [0.717, 1.165) is 22.4 Å². The van der Waals surface area contributed by atoms with E-state index in [0.29, 0.717) is 11.4 Å². The molecule has 0 radical (unpaired) electrons. The molecule has 1 amide bonds. The number of sulfonamides is 1. The molecule has 0 unspecified atom stereocenters. The number of carbonyl (C=O) groups excluding carboxylic acids is 1. The van der Waals surface area contributed by atoms with Gasteiger partial charge in [0.05, 0.1) is 10.6 Å². The van der Waals surface area contributed by atoms with Gasteiger partial charge in [-0.25, -0.2) is 8.42 Å². The number of carbonyl (C=O) groups is 1. The summed E-state index contributed by atoms with van der Waals surface area (Å²) in [7, 11) is -3.67. The van der Waals surface area contributed by atoms with Crippen LogP contribution in [0.15, 0.2) is 71.6 Å². The first-order chi connectivity index (χ1) is 15.2. The zero-order valence-electron chi connectivity index (χ0n) is 18.8. The molecule has 0 bridgehead atoms. The van der Waals surface area contributed by atoms with Gasteiger partial charge < -0.3 is 10.1 Å². The minimum Gasteiger partial charge on any atom is -0.484 e. The zero-order chi connectivity index (χ0) is 23.3. The van der Waals surface area contributed by atoms with E-state index in [4.69, 9.17) is 4.74 Å². The molecule has 0 aliphatic rings. The van der Waals surface area contributed by atoms with E-state index in [2.05, 4.69) is 5.32 Å². The van der Waals surface area contributed by atoms with Crippen LogP contribution in [0.2, 0.25) is 0 Å². The molecule has 7 heteroatoms. The van der Waals surface area contributed by atoms with Crippen LogP contribution in [0.3, 0.4) is 0 Å². The molecule has 0 aromatic heterocycles. The maximum Gasteiger partial charge on any atom is 0.264 e. The summed E-state index contributed by atoms with van der Waals surface area (Å²) < 4.78 is 33.0. The minimum atomic E-state index is -3.67. The molecular weight excluding hydrogens is 424 g/mol. The maximum absolute atomic E-state index is 13.0. The molecule has 0 spiro atoms. The number of ether oxygens (including phenoxy) is 1. The highest BCUT2D eigenvalue weighted by Crippen LogP contribution is 2.26. The summed E-state index contributed by atoms with van der Waals surface area (Å²) in [6, 6.07) is 19.2. The number of benzene rings is 3. The Hall–Kier alpha value is -3.32. The predicted molar refractivity (Wildman–Crippen MR) is 128 cm³/mol. The fraction of sp³-hybridized carbons (Fsp3) is 0.240. The van der Waals surface area contributed by atoms with Crippen LogP contribution in [0.1, 0.15) is 23.6 Å². The quantitative estimate of drug-likeness (QED) is 0.530. The molecule has 3 rings (SSSR count). The van der Waals surface area contributed by atoms with Gasteiger partial charge in [0, 0.05) is 12.2 Å². The minimum absolute atomic E-state index is 0.147. The van der Waals surface area contributed by atoms with Crippen molar-refractivity contribution in [1.29, 1.82) is 0 Å². The van der Waals surface area contributed by atoms with Crippen molar-refractivity contribution in [3.63, 3.8) is 0 Å². The van der Waals surface area contributed by atoms with Gasteiger partial charge in [0.2, 0.25) is 0 Å². The van der Waals surface area contributed by atoms with Gasteiger partial charge in [0.15, 0.2) is 6.61 Å². The second-order valence-corrected chi connectivity index (χ2v) is 9.49. The Kier molecular flexibility index (Phi) is 7.20. The van der Waals surface area contributed by atoms with Gasteiger partial charge in [-0.15, -0.1) is 0 Å². The second-order valence-electron chi connectivity index (χ2n) is 7.63. The van der Waals surface area contributed by atoms with Gasteiger partial charge >= 0.3 is 0 Å². The number of amides is 1. The summed E-state index contributed by atoms with van der Waals surface area (Å²) in [5.41, 5.74) is 4.38. The van der Waals surface area contributed by atoms with Crippen molar-refractivity contribution in [1.82, 2.24) is 0 Å². The van der Waals surface area contributed by atoms with E-state index in [9.17, 15) is 13.2 Å². The Bertz CT molecular complexity index is 1190. The maximum atomic E-state index is 13.0. The van der Waals surface area contributed by atoms with Gasteiger partial charge in [0.1, 0.15) is 5.75 Å². The molecule has 0 aliphatic heterocycles. The first-order valence-corrected chi connectivity index (χ1v) is 11.8. The summed E-state index contributed by atoms with van der Waals surface area (Å²) in [6.07, 6.45) is 0. The van der Waals surface area contributed by atoms with E-state index in [1.807, 2.05) is 39.0 Å². The highest BCUT2D eigenvalue weighted by Gasteiger charge is 2.23. The third kappa shape index (κ3) is 5.48. The van der Waals surface area contributed by atoms with Gasteiger partial charge in [-0.05, 0) is 75.7 Å². The van der Waals surface area contributed by atoms with Crippen molar-refractivity contribution in [2.45, 2.75) is 32.6 Å². The SMILES string of the molecule is CCN(c1ccc(OCC(=O)Nc2ccc(C)cc2C)cc1)S(=O)(=O)c1ccc(C)cc1. The van der Waals surface area contributed by atoms with Crippen molar-refractivity contribution >= 4 is 27.3 Å². The molecule has 32 heavy (non-hydrogen) atoms. The molecule has 3 aromatic carbocycles. The summed E-state index contributed by atoms with van der Waals surface area (Å²) in [4.78, 5) is 12.5. The van der Waals surface area contributed by atoms with Crippen LogP contribution in [0, 0.1) is 20.8 Å². The molecule has 6 nitrogen and oxygen atoms in total. The van der Waals surface area contributed by atoms with Crippen LogP contribution in [-0.4, -0.2) is 27.5 Å². The van der Waals surface area contributed by atoms with Gasteiger partial charge in [0.25, 0.3) is 15.9 Å². The number of anilines is 2. The van der Waals surface area contributed by atoms with Crippen molar-refractivity contribution < 1.29 is 17.9 Å². The Morgan fingerprint density at radius 1 is 0.906 bits per heavy atom. The highest BCUT2D eigenvalue weighted by molar-refractivity contribution is 7.92. The number of hydrogen-bond donors (Lipinski definition) is 1. The lowest BCUT2D eigenvalue weighted by atomic mass is 10.1. The van der Waals surface area contributed by atoms with Crippen molar-refractivity contribution in [3.8, 4) is 5.75 Å². The summed E-state index contributed by atoms with van der Waals surface area (Å²) in [5.74, 6) is 0.214. The largest absolute Gasteiger partial charge is 0.484 e. The lowest BCUT2D eigenvalue weighted by Crippen LogP contribution is -2.30. The molecule has 0 fully saturated rings. The monoisotopic (exact) mass is 452 g/mol. The van der Waals surface area contributed by atoms with Gasteiger partial charge in [-0.3, -0.25) is 9.10 Å². The molecular formula is C25H28N2O4S. The van der Waals surface area contributed by atoms with Crippen LogP contribution in [0.4, 0.5) is 11.4 Å². The van der Waals surface area contributed by atoms with E-state index in [1.54, 1.807) is 55.5 Å². The fourth-order valence-electron chi connectivity index (χ4n) is 3.33. The summed E-state index contributed by atoms with van der Waals surface area (Å²) in [6.45, 7) is 7.77.